The second-order valence-electron chi connectivity index (χ2n) is 2.98. The van der Waals surface area contributed by atoms with Crippen LogP contribution in [0.2, 0.25) is 0 Å². The van der Waals surface area contributed by atoms with Crippen molar-refractivity contribution in [3.05, 3.63) is 36.0 Å². The molecule has 0 amide bonds. The number of H-pyrrole nitrogens is 1. The Labute approximate surface area is 81.7 Å². The number of nitrogens with one attached hydrogen (secondary N) is 1. The number of aromatic nitrogens is 2. The molecule has 68 valence electrons. The van der Waals surface area contributed by atoms with Gasteiger partial charge in [-0.05, 0) is 17.7 Å². The number of nitrogens with zero attached hydrogens (tertiary/aromatic N) is 2. The monoisotopic (exact) mass is 183 g/mol. The summed E-state index contributed by atoms with van der Waals surface area (Å²) in [4.78, 5) is 0. The number of aromatic amines is 1. The number of fused-ring (bicyclic) bond motifs is 1. The SMILES string of the molecule is N#CCC=Cc1ccc2[nH]ncc2c1. The van der Waals surface area contributed by atoms with Crippen LogP contribution in [0.4, 0.5) is 0 Å². The normalized spacial score (nSPS) is 10.8. The van der Waals surface area contributed by atoms with E-state index in [1.807, 2.05) is 30.4 Å². The highest BCUT2D eigenvalue weighted by Crippen LogP contribution is 2.13. The van der Waals surface area contributed by atoms with Crippen molar-refractivity contribution in [2.45, 2.75) is 6.42 Å². The van der Waals surface area contributed by atoms with E-state index in [9.17, 15) is 0 Å². The maximum atomic E-state index is 8.37. The molecule has 0 fully saturated rings. The number of hydrogen-bond acceptors (Lipinski definition) is 2. The van der Waals surface area contributed by atoms with Crippen LogP contribution in [0, 0.1) is 11.3 Å². The molecule has 0 unspecified atom stereocenters. The Bertz CT molecular complexity index is 502. The van der Waals surface area contributed by atoms with Crippen molar-refractivity contribution in [3.8, 4) is 6.07 Å². The first kappa shape index (κ1) is 8.52. The molecule has 0 saturated carbocycles. The summed E-state index contributed by atoms with van der Waals surface area (Å²) in [5.41, 5.74) is 2.12. The number of benzene rings is 1. The molecular formula is C11H9N3. The molecule has 1 N–H and O–H groups in total. The molecule has 1 aromatic carbocycles. The molecule has 0 aliphatic carbocycles. The van der Waals surface area contributed by atoms with Crippen molar-refractivity contribution in [1.29, 1.82) is 5.26 Å². The van der Waals surface area contributed by atoms with Gasteiger partial charge in [-0.15, -0.1) is 0 Å². The fourth-order valence-corrected chi connectivity index (χ4v) is 1.31. The van der Waals surface area contributed by atoms with Crippen LogP contribution in [0.3, 0.4) is 0 Å². The van der Waals surface area contributed by atoms with Gasteiger partial charge in [-0.25, -0.2) is 0 Å². The topological polar surface area (TPSA) is 52.5 Å². The second kappa shape index (κ2) is 3.75. The summed E-state index contributed by atoms with van der Waals surface area (Å²) in [5.74, 6) is 0. The average Bonchev–Trinajstić information content (AvgIpc) is 2.65. The first-order valence-corrected chi connectivity index (χ1v) is 4.37. The van der Waals surface area contributed by atoms with Crippen molar-refractivity contribution in [2.24, 2.45) is 0 Å². The molecule has 2 aromatic rings. The van der Waals surface area contributed by atoms with Crippen LogP contribution in [0.1, 0.15) is 12.0 Å². The predicted molar refractivity (Wildman–Crippen MR) is 55.4 cm³/mol. The maximum absolute atomic E-state index is 8.37. The second-order valence-corrected chi connectivity index (χ2v) is 2.98. The van der Waals surface area contributed by atoms with Crippen molar-refractivity contribution < 1.29 is 0 Å². The van der Waals surface area contributed by atoms with Crippen molar-refractivity contribution >= 4 is 17.0 Å². The van der Waals surface area contributed by atoms with Crippen LogP contribution < -0.4 is 0 Å². The molecule has 0 aliphatic heterocycles. The molecule has 3 nitrogen and oxygen atoms in total. The average molecular weight is 183 g/mol. The summed E-state index contributed by atoms with van der Waals surface area (Å²) in [5, 5.41) is 16.3. The molecule has 0 radical (unpaired) electrons. The largest absolute Gasteiger partial charge is 0.278 e. The Morgan fingerprint density at radius 3 is 3.29 bits per heavy atom. The molecule has 0 spiro atoms. The summed E-state index contributed by atoms with van der Waals surface area (Å²) < 4.78 is 0. The minimum absolute atomic E-state index is 0.448. The molecule has 1 aromatic heterocycles. The van der Waals surface area contributed by atoms with E-state index < -0.39 is 0 Å². The Morgan fingerprint density at radius 1 is 1.50 bits per heavy atom. The molecule has 0 atom stereocenters. The highest BCUT2D eigenvalue weighted by Gasteiger charge is 1.94. The number of nitriles is 1. The first-order valence-electron chi connectivity index (χ1n) is 4.37. The zero-order valence-electron chi connectivity index (χ0n) is 7.57. The third kappa shape index (κ3) is 1.64. The zero-order chi connectivity index (χ0) is 9.80. The van der Waals surface area contributed by atoms with E-state index >= 15 is 0 Å². The standard InChI is InChI=1S/C11H9N3/c12-6-2-1-3-9-4-5-11-10(7-9)8-13-14-11/h1,3-5,7-8H,2H2,(H,13,14). The van der Waals surface area contributed by atoms with Crippen LogP contribution in [-0.2, 0) is 0 Å². The van der Waals surface area contributed by atoms with Gasteiger partial charge in [0.2, 0.25) is 0 Å². The van der Waals surface area contributed by atoms with Gasteiger partial charge in [0, 0.05) is 5.39 Å². The Hall–Kier alpha value is -2.08. The lowest BCUT2D eigenvalue weighted by Crippen LogP contribution is -1.72. The van der Waals surface area contributed by atoms with Gasteiger partial charge in [-0.2, -0.15) is 10.4 Å². The molecule has 2 rings (SSSR count). The van der Waals surface area contributed by atoms with E-state index in [-0.39, 0.29) is 0 Å². The quantitative estimate of drug-likeness (QED) is 0.777. The smallest absolute Gasteiger partial charge is 0.0663 e. The summed E-state index contributed by atoms with van der Waals surface area (Å²) >= 11 is 0. The predicted octanol–water partition coefficient (Wildman–Crippen LogP) is 2.49. The van der Waals surface area contributed by atoms with Gasteiger partial charge < -0.3 is 0 Å². The van der Waals surface area contributed by atoms with Gasteiger partial charge in [0.15, 0.2) is 0 Å². The molecule has 0 saturated heterocycles. The van der Waals surface area contributed by atoms with E-state index in [4.69, 9.17) is 5.26 Å². The fourth-order valence-electron chi connectivity index (χ4n) is 1.31. The minimum Gasteiger partial charge on any atom is -0.278 e. The van der Waals surface area contributed by atoms with Crippen LogP contribution >= 0.6 is 0 Å². The van der Waals surface area contributed by atoms with Gasteiger partial charge in [0.25, 0.3) is 0 Å². The van der Waals surface area contributed by atoms with E-state index in [0.717, 1.165) is 16.5 Å². The maximum Gasteiger partial charge on any atom is 0.0663 e. The third-order valence-electron chi connectivity index (χ3n) is 1.98. The summed E-state index contributed by atoms with van der Waals surface area (Å²) in [7, 11) is 0. The highest BCUT2D eigenvalue weighted by atomic mass is 15.1. The highest BCUT2D eigenvalue weighted by molar-refractivity contribution is 5.80. The molecule has 0 bridgehead atoms. The van der Waals surface area contributed by atoms with Crippen molar-refractivity contribution in [1.82, 2.24) is 10.2 Å². The van der Waals surface area contributed by atoms with Gasteiger partial charge in [-0.1, -0.05) is 18.2 Å². The van der Waals surface area contributed by atoms with E-state index in [0.29, 0.717) is 6.42 Å². The van der Waals surface area contributed by atoms with Gasteiger partial charge in [-0.3, -0.25) is 5.10 Å². The lowest BCUT2D eigenvalue weighted by atomic mass is 10.1. The van der Waals surface area contributed by atoms with E-state index in [1.54, 1.807) is 6.20 Å². The van der Waals surface area contributed by atoms with Crippen LogP contribution in [-0.4, -0.2) is 10.2 Å². The lowest BCUT2D eigenvalue weighted by molar-refractivity contribution is 1.12. The molecule has 1 heterocycles. The zero-order valence-corrected chi connectivity index (χ0v) is 7.57. The number of rotatable bonds is 2. The number of allylic oxidation sites excluding steroid dienone is 1. The Kier molecular flexibility index (Phi) is 2.28. The van der Waals surface area contributed by atoms with E-state index in [2.05, 4.69) is 16.3 Å². The third-order valence-corrected chi connectivity index (χ3v) is 1.98. The fraction of sp³-hybridized carbons (Fsp3) is 0.0909. The van der Waals surface area contributed by atoms with Gasteiger partial charge in [0.05, 0.1) is 24.2 Å². The summed E-state index contributed by atoms with van der Waals surface area (Å²) in [6.45, 7) is 0. The van der Waals surface area contributed by atoms with Crippen LogP contribution in [0.15, 0.2) is 30.5 Å². The van der Waals surface area contributed by atoms with E-state index in [1.165, 1.54) is 0 Å². The minimum atomic E-state index is 0.448. The summed E-state index contributed by atoms with van der Waals surface area (Å²) in [6.07, 6.45) is 6.03. The van der Waals surface area contributed by atoms with Gasteiger partial charge >= 0.3 is 0 Å². The first-order chi connectivity index (χ1) is 6.90. The van der Waals surface area contributed by atoms with Crippen molar-refractivity contribution in [3.63, 3.8) is 0 Å². The van der Waals surface area contributed by atoms with Crippen molar-refractivity contribution in [2.75, 3.05) is 0 Å². The number of hydrogen-bond donors (Lipinski definition) is 1. The molecule has 3 heteroatoms. The molecule has 0 aliphatic rings. The lowest BCUT2D eigenvalue weighted by Gasteiger charge is -1.92. The van der Waals surface area contributed by atoms with Crippen LogP contribution in [0.5, 0.6) is 0 Å². The van der Waals surface area contributed by atoms with Crippen LogP contribution in [0.25, 0.3) is 17.0 Å². The van der Waals surface area contributed by atoms with Gasteiger partial charge in [0.1, 0.15) is 0 Å². The molecule has 14 heavy (non-hydrogen) atoms. The summed E-state index contributed by atoms with van der Waals surface area (Å²) in [6, 6.07) is 8.07. The Morgan fingerprint density at radius 2 is 2.43 bits per heavy atom. The molecular weight excluding hydrogens is 174 g/mol. The Balaban J connectivity index is 2.31.